The summed E-state index contributed by atoms with van der Waals surface area (Å²) in [7, 11) is -1.53. The molecule has 0 spiro atoms. The second-order valence-corrected chi connectivity index (χ2v) is 7.33. The van der Waals surface area contributed by atoms with E-state index in [1.165, 1.54) is 7.05 Å². The molecule has 0 aromatic carbocycles. The monoisotopic (exact) mass is 217 g/mol. The maximum atomic E-state index is 11.8. The van der Waals surface area contributed by atoms with Gasteiger partial charge in [-0.3, -0.25) is 0 Å². The summed E-state index contributed by atoms with van der Waals surface area (Å²) in [4.78, 5) is 0. The van der Waals surface area contributed by atoms with Crippen LogP contribution in [0.3, 0.4) is 0 Å². The van der Waals surface area contributed by atoms with E-state index in [0.29, 0.717) is 5.92 Å². The van der Waals surface area contributed by atoms with Gasteiger partial charge >= 0.3 is 0 Å². The SMILES string of the molecule is CNS(=O)(=O)C1CCC2CC1C2(C)C. The topological polar surface area (TPSA) is 46.2 Å². The van der Waals surface area contributed by atoms with Crippen LogP contribution in [-0.4, -0.2) is 20.7 Å². The Morgan fingerprint density at radius 1 is 1.29 bits per heavy atom. The van der Waals surface area contributed by atoms with Gasteiger partial charge in [0.15, 0.2) is 0 Å². The van der Waals surface area contributed by atoms with Gasteiger partial charge in [0.25, 0.3) is 0 Å². The average Bonchev–Trinajstić information content (AvgIpc) is 2.17. The van der Waals surface area contributed by atoms with Crippen molar-refractivity contribution in [2.45, 2.75) is 38.4 Å². The van der Waals surface area contributed by atoms with E-state index in [9.17, 15) is 8.42 Å². The van der Waals surface area contributed by atoms with E-state index in [4.69, 9.17) is 0 Å². The highest BCUT2D eigenvalue weighted by Crippen LogP contribution is 2.60. The van der Waals surface area contributed by atoms with Crippen LogP contribution in [-0.2, 0) is 10.0 Å². The minimum absolute atomic E-state index is 0.146. The summed E-state index contributed by atoms with van der Waals surface area (Å²) < 4.78 is 26.0. The molecule has 0 saturated heterocycles. The van der Waals surface area contributed by atoms with Gasteiger partial charge in [-0.2, -0.15) is 0 Å². The second kappa shape index (κ2) is 2.95. The summed E-state index contributed by atoms with van der Waals surface area (Å²) in [6, 6.07) is 0. The third kappa shape index (κ3) is 1.23. The van der Waals surface area contributed by atoms with Gasteiger partial charge in [-0.05, 0) is 43.6 Å². The second-order valence-electron chi connectivity index (χ2n) is 5.23. The molecule has 14 heavy (non-hydrogen) atoms. The maximum absolute atomic E-state index is 11.8. The van der Waals surface area contributed by atoms with E-state index in [2.05, 4.69) is 18.6 Å². The molecule has 4 heteroatoms. The third-order valence-electron chi connectivity index (χ3n) is 4.48. The first kappa shape index (κ1) is 10.4. The lowest BCUT2D eigenvalue weighted by molar-refractivity contribution is -0.0615. The molecule has 3 rings (SSSR count). The van der Waals surface area contributed by atoms with Crippen molar-refractivity contribution in [3.05, 3.63) is 0 Å². The number of rotatable bonds is 2. The number of nitrogens with one attached hydrogen (secondary N) is 1. The number of fused-ring (bicyclic) bond motifs is 2. The van der Waals surface area contributed by atoms with Crippen LogP contribution < -0.4 is 4.72 Å². The van der Waals surface area contributed by atoms with Gasteiger partial charge in [0.05, 0.1) is 5.25 Å². The third-order valence-corrected chi connectivity index (χ3v) is 6.41. The van der Waals surface area contributed by atoms with Crippen molar-refractivity contribution in [2.75, 3.05) is 7.05 Å². The Kier molecular flexibility index (Phi) is 2.20. The maximum Gasteiger partial charge on any atom is 0.214 e. The Balaban J connectivity index is 2.24. The van der Waals surface area contributed by atoms with E-state index in [0.717, 1.165) is 25.2 Å². The summed E-state index contributed by atoms with van der Waals surface area (Å²) >= 11 is 0. The predicted molar refractivity (Wildman–Crippen MR) is 56.4 cm³/mol. The van der Waals surface area contributed by atoms with Crippen LogP contribution in [0.25, 0.3) is 0 Å². The van der Waals surface area contributed by atoms with E-state index in [1.807, 2.05) is 0 Å². The zero-order valence-corrected chi connectivity index (χ0v) is 9.89. The summed E-state index contributed by atoms with van der Waals surface area (Å²) in [6.07, 6.45) is 3.04. The number of hydrogen-bond acceptors (Lipinski definition) is 2. The van der Waals surface area contributed by atoms with Crippen LogP contribution in [0.5, 0.6) is 0 Å². The average molecular weight is 217 g/mol. The van der Waals surface area contributed by atoms with Gasteiger partial charge in [0.1, 0.15) is 0 Å². The fourth-order valence-electron chi connectivity index (χ4n) is 3.27. The normalized spacial score (nSPS) is 40.4. The number of hydrogen-bond donors (Lipinski definition) is 1. The first-order valence-electron chi connectivity index (χ1n) is 5.32. The summed E-state index contributed by atoms with van der Waals surface area (Å²) in [6.45, 7) is 4.42. The van der Waals surface area contributed by atoms with Gasteiger partial charge in [-0.15, -0.1) is 0 Å². The van der Waals surface area contributed by atoms with E-state index in [1.54, 1.807) is 0 Å². The molecule has 3 saturated carbocycles. The quantitative estimate of drug-likeness (QED) is 0.759. The Morgan fingerprint density at radius 2 is 1.93 bits per heavy atom. The summed E-state index contributed by atoms with van der Waals surface area (Å²) in [5, 5.41) is -0.146. The molecule has 0 aromatic rings. The van der Waals surface area contributed by atoms with E-state index >= 15 is 0 Å². The van der Waals surface area contributed by atoms with Crippen LogP contribution in [0.4, 0.5) is 0 Å². The molecule has 0 aromatic heterocycles. The zero-order chi connectivity index (χ0) is 10.6. The lowest BCUT2D eigenvalue weighted by Gasteiger charge is -2.59. The van der Waals surface area contributed by atoms with Crippen LogP contribution in [0.1, 0.15) is 33.1 Å². The molecule has 0 heterocycles. The molecule has 1 N–H and O–H groups in total. The van der Waals surface area contributed by atoms with Crippen LogP contribution in [0.15, 0.2) is 0 Å². The van der Waals surface area contributed by atoms with Crippen molar-refractivity contribution in [3.63, 3.8) is 0 Å². The molecule has 0 amide bonds. The minimum atomic E-state index is -3.05. The lowest BCUT2D eigenvalue weighted by atomic mass is 9.49. The van der Waals surface area contributed by atoms with Crippen molar-refractivity contribution in [1.29, 1.82) is 0 Å². The standard InChI is InChI=1S/C10H19NO2S/c1-10(2)7-4-5-9(8(10)6-7)14(12,13)11-3/h7-9,11H,4-6H2,1-3H3. The Labute approximate surface area is 86.3 Å². The highest BCUT2D eigenvalue weighted by molar-refractivity contribution is 7.90. The van der Waals surface area contributed by atoms with Crippen LogP contribution in [0.2, 0.25) is 0 Å². The van der Waals surface area contributed by atoms with Crippen LogP contribution >= 0.6 is 0 Å². The predicted octanol–water partition coefficient (Wildman–Crippen LogP) is 1.36. The number of sulfonamides is 1. The minimum Gasteiger partial charge on any atom is -0.218 e. The van der Waals surface area contributed by atoms with E-state index < -0.39 is 10.0 Å². The van der Waals surface area contributed by atoms with Crippen molar-refractivity contribution < 1.29 is 8.42 Å². The fraction of sp³-hybridized carbons (Fsp3) is 1.00. The Bertz CT molecular complexity index is 332. The summed E-state index contributed by atoms with van der Waals surface area (Å²) in [5.41, 5.74) is 0.243. The molecule has 3 aliphatic rings. The van der Waals surface area contributed by atoms with Crippen molar-refractivity contribution >= 4 is 10.0 Å². The lowest BCUT2D eigenvalue weighted by Crippen LogP contribution is -2.58. The van der Waals surface area contributed by atoms with Gasteiger partial charge in [-0.25, -0.2) is 13.1 Å². The smallest absolute Gasteiger partial charge is 0.214 e. The van der Waals surface area contributed by atoms with Gasteiger partial charge < -0.3 is 0 Å². The Hall–Kier alpha value is -0.0900. The van der Waals surface area contributed by atoms with Gasteiger partial charge in [-0.1, -0.05) is 13.8 Å². The molecule has 2 bridgehead atoms. The van der Waals surface area contributed by atoms with Crippen molar-refractivity contribution in [3.8, 4) is 0 Å². The molecule has 82 valence electrons. The molecule has 0 radical (unpaired) electrons. The first-order valence-corrected chi connectivity index (χ1v) is 6.86. The van der Waals surface area contributed by atoms with Crippen LogP contribution in [0, 0.1) is 17.3 Å². The van der Waals surface area contributed by atoms with Gasteiger partial charge in [0, 0.05) is 0 Å². The Morgan fingerprint density at radius 3 is 2.36 bits per heavy atom. The fourth-order valence-corrected chi connectivity index (χ4v) is 4.91. The molecule has 3 aliphatic carbocycles. The molecular formula is C10H19NO2S. The highest BCUT2D eigenvalue weighted by atomic mass is 32.2. The molecular weight excluding hydrogens is 198 g/mol. The van der Waals surface area contributed by atoms with Crippen molar-refractivity contribution in [1.82, 2.24) is 4.72 Å². The molecule has 3 atom stereocenters. The van der Waals surface area contributed by atoms with E-state index in [-0.39, 0.29) is 10.7 Å². The van der Waals surface area contributed by atoms with Gasteiger partial charge in [0.2, 0.25) is 10.0 Å². The summed E-state index contributed by atoms with van der Waals surface area (Å²) in [5.74, 6) is 1.13. The molecule has 3 nitrogen and oxygen atoms in total. The first-order chi connectivity index (χ1) is 6.39. The molecule has 3 unspecified atom stereocenters. The van der Waals surface area contributed by atoms with Crippen molar-refractivity contribution in [2.24, 2.45) is 17.3 Å². The molecule has 0 aliphatic heterocycles. The molecule has 3 fully saturated rings. The largest absolute Gasteiger partial charge is 0.218 e. The highest BCUT2D eigenvalue weighted by Gasteiger charge is 2.57. The zero-order valence-electron chi connectivity index (χ0n) is 9.08.